The summed E-state index contributed by atoms with van der Waals surface area (Å²) < 4.78 is 0. The number of thiocarbonyl (C=S) groups is 1. The Kier molecular flexibility index (Phi) is 7.02. The molecule has 4 N–H and O–H groups in total. The van der Waals surface area contributed by atoms with Crippen molar-refractivity contribution in [2.75, 3.05) is 25.1 Å². The molecule has 2 rings (SSSR count). The maximum absolute atomic E-state index is 6.18. The van der Waals surface area contributed by atoms with E-state index >= 15 is 0 Å². The third kappa shape index (κ3) is 5.30. The normalized spacial score (nSPS) is 11.7. The highest BCUT2D eigenvalue weighted by molar-refractivity contribution is 7.99. The third-order valence-electron chi connectivity index (χ3n) is 3.33. The van der Waals surface area contributed by atoms with Crippen LogP contribution >= 0.6 is 35.6 Å². The molecule has 0 spiro atoms. The van der Waals surface area contributed by atoms with Gasteiger partial charge < -0.3 is 16.4 Å². The van der Waals surface area contributed by atoms with Crippen molar-refractivity contribution in [1.29, 1.82) is 0 Å². The predicted octanol–water partition coefficient (Wildman–Crippen LogP) is 3.84. The van der Waals surface area contributed by atoms with Gasteiger partial charge in [0.1, 0.15) is 0 Å². The Morgan fingerprint density at radius 3 is 2.70 bits per heavy atom. The molecule has 0 aromatic heterocycles. The van der Waals surface area contributed by atoms with E-state index in [-0.39, 0.29) is 5.25 Å². The molecule has 0 saturated carbocycles. The van der Waals surface area contributed by atoms with Crippen molar-refractivity contribution >= 4 is 46.4 Å². The van der Waals surface area contributed by atoms with Crippen LogP contribution in [0.2, 0.25) is 5.02 Å². The molecule has 3 nitrogen and oxygen atoms in total. The van der Waals surface area contributed by atoms with E-state index in [4.69, 9.17) is 29.6 Å². The van der Waals surface area contributed by atoms with E-state index in [9.17, 15) is 0 Å². The fourth-order valence-corrected chi connectivity index (χ4v) is 3.67. The number of nitrogens with one attached hydrogen (secondary N) is 2. The van der Waals surface area contributed by atoms with E-state index in [0.717, 1.165) is 23.5 Å². The SMILES string of the molecule is CNC(=S)NCCSC(c1ccccc1)c1cc(Cl)ccc1N. The summed E-state index contributed by atoms with van der Waals surface area (Å²) in [7, 11) is 1.81. The van der Waals surface area contributed by atoms with Gasteiger partial charge >= 0.3 is 0 Å². The van der Waals surface area contributed by atoms with E-state index in [1.54, 1.807) is 0 Å². The molecule has 0 saturated heterocycles. The number of rotatable bonds is 6. The summed E-state index contributed by atoms with van der Waals surface area (Å²) in [4.78, 5) is 0. The number of hydrogen-bond donors (Lipinski definition) is 3. The van der Waals surface area contributed by atoms with Crippen molar-refractivity contribution in [3.63, 3.8) is 0 Å². The lowest BCUT2D eigenvalue weighted by atomic mass is 10.0. The van der Waals surface area contributed by atoms with Crippen molar-refractivity contribution in [2.45, 2.75) is 5.25 Å². The maximum atomic E-state index is 6.18. The van der Waals surface area contributed by atoms with Crippen molar-refractivity contribution in [2.24, 2.45) is 0 Å². The Bertz CT molecular complexity index is 650. The van der Waals surface area contributed by atoms with E-state index in [0.29, 0.717) is 10.1 Å². The largest absolute Gasteiger partial charge is 0.398 e. The summed E-state index contributed by atoms with van der Waals surface area (Å²) in [5, 5.41) is 7.56. The number of halogens is 1. The maximum Gasteiger partial charge on any atom is 0.166 e. The van der Waals surface area contributed by atoms with Gasteiger partial charge in [0.25, 0.3) is 0 Å². The van der Waals surface area contributed by atoms with Gasteiger partial charge in [0.15, 0.2) is 5.11 Å². The quantitative estimate of drug-likeness (QED) is 0.412. The minimum Gasteiger partial charge on any atom is -0.398 e. The third-order valence-corrected chi connectivity index (χ3v) is 5.22. The number of hydrogen-bond acceptors (Lipinski definition) is 3. The van der Waals surface area contributed by atoms with Gasteiger partial charge in [-0.15, -0.1) is 11.8 Å². The van der Waals surface area contributed by atoms with Crippen molar-refractivity contribution in [3.8, 4) is 0 Å². The molecular formula is C17H20ClN3S2. The molecule has 122 valence electrons. The molecule has 0 aliphatic heterocycles. The minimum atomic E-state index is 0.139. The fourth-order valence-electron chi connectivity index (χ4n) is 2.20. The zero-order chi connectivity index (χ0) is 16.7. The van der Waals surface area contributed by atoms with Crippen LogP contribution in [0.25, 0.3) is 0 Å². The molecule has 23 heavy (non-hydrogen) atoms. The standard InChI is InChI=1S/C17H20ClN3S2/c1-20-17(22)21-9-10-23-16(12-5-3-2-4-6-12)14-11-13(18)7-8-15(14)19/h2-8,11,16H,9-10,19H2,1H3,(H2,20,21,22). The lowest BCUT2D eigenvalue weighted by Gasteiger charge is -2.20. The molecule has 0 heterocycles. The van der Waals surface area contributed by atoms with Crippen LogP contribution in [0.3, 0.4) is 0 Å². The van der Waals surface area contributed by atoms with E-state index in [1.807, 2.05) is 55.2 Å². The van der Waals surface area contributed by atoms with Crippen molar-refractivity contribution in [1.82, 2.24) is 10.6 Å². The summed E-state index contributed by atoms with van der Waals surface area (Å²) in [6.45, 7) is 0.786. The minimum absolute atomic E-state index is 0.139. The number of anilines is 1. The molecule has 0 amide bonds. The average Bonchev–Trinajstić information content (AvgIpc) is 2.58. The molecule has 1 atom stereocenters. The van der Waals surface area contributed by atoms with Crippen LogP contribution in [-0.2, 0) is 0 Å². The number of thioether (sulfide) groups is 1. The second kappa shape index (κ2) is 9.01. The van der Waals surface area contributed by atoms with Crippen LogP contribution in [0, 0.1) is 0 Å². The van der Waals surface area contributed by atoms with Crippen molar-refractivity contribution in [3.05, 3.63) is 64.7 Å². The zero-order valence-electron chi connectivity index (χ0n) is 12.9. The predicted molar refractivity (Wildman–Crippen MR) is 106 cm³/mol. The molecule has 2 aromatic carbocycles. The monoisotopic (exact) mass is 365 g/mol. The van der Waals surface area contributed by atoms with Gasteiger partial charge in [0, 0.05) is 30.1 Å². The molecular weight excluding hydrogens is 346 g/mol. The Hall–Kier alpha value is -1.43. The Morgan fingerprint density at radius 2 is 2.00 bits per heavy atom. The van der Waals surface area contributed by atoms with E-state index in [1.165, 1.54) is 5.56 Å². The Balaban J connectivity index is 2.16. The van der Waals surface area contributed by atoms with Gasteiger partial charge in [-0.2, -0.15) is 0 Å². The highest BCUT2D eigenvalue weighted by Gasteiger charge is 2.17. The molecule has 1 unspecified atom stereocenters. The van der Waals surface area contributed by atoms with Crippen LogP contribution < -0.4 is 16.4 Å². The Morgan fingerprint density at radius 1 is 1.26 bits per heavy atom. The lowest BCUT2D eigenvalue weighted by Crippen LogP contribution is -2.33. The highest BCUT2D eigenvalue weighted by atomic mass is 35.5. The van der Waals surface area contributed by atoms with Crippen molar-refractivity contribution < 1.29 is 0 Å². The topological polar surface area (TPSA) is 50.1 Å². The highest BCUT2D eigenvalue weighted by Crippen LogP contribution is 2.39. The first-order valence-electron chi connectivity index (χ1n) is 7.29. The molecule has 0 bridgehead atoms. The number of nitrogen functional groups attached to an aromatic ring is 1. The molecule has 0 fully saturated rings. The van der Waals surface area contributed by atoms with Gasteiger partial charge in [0.05, 0.1) is 5.25 Å². The summed E-state index contributed by atoms with van der Waals surface area (Å²) >= 11 is 13.1. The molecule has 6 heteroatoms. The fraction of sp³-hybridized carbons (Fsp3) is 0.235. The van der Waals surface area contributed by atoms with Gasteiger partial charge in [-0.3, -0.25) is 0 Å². The number of benzene rings is 2. The second-order valence-electron chi connectivity index (χ2n) is 4.94. The zero-order valence-corrected chi connectivity index (χ0v) is 15.3. The van der Waals surface area contributed by atoms with Crippen LogP contribution in [0.4, 0.5) is 5.69 Å². The number of nitrogens with two attached hydrogens (primary N) is 1. The summed E-state index contributed by atoms with van der Waals surface area (Å²) in [6.07, 6.45) is 0. The van der Waals surface area contributed by atoms with E-state index in [2.05, 4.69) is 22.8 Å². The van der Waals surface area contributed by atoms with Gasteiger partial charge in [0.2, 0.25) is 0 Å². The van der Waals surface area contributed by atoms with Crippen LogP contribution in [0.5, 0.6) is 0 Å². The first kappa shape index (κ1) is 17.9. The van der Waals surface area contributed by atoms with E-state index < -0.39 is 0 Å². The molecule has 0 radical (unpaired) electrons. The average molecular weight is 366 g/mol. The summed E-state index contributed by atoms with van der Waals surface area (Å²) in [5.41, 5.74) is 9.20. The van der Waals surface area contributed by atoms with Crippen LogP contribution in [-0.4, -0.2) is 24.5 Å². The molecule has 0 aliphatic rings. The lowest BCUT2D eigenvalue weighted by molar-refractivity contribution is 0.940. The first-order valence-corrected chi connectivity index (χ1v) is 9.12. The second-order valence-corrected chi connectivity index (χ2v) is 7.00. The summed E-state index contributed by atoms with van der Waals surface area (Å²) in [6, 6.07) is 16.0. The molecule has 2 aromatic rings. The molecule has 0 aliphatic carbocycles. The van der Waals surface area contributed by atoms with Gasteiger partial charge in [-0.1, -0.05) is 41.9 Å². The summed E-state index contributed by atoms with van der Waals surface area (Å²) in [5.74, 6) is 0.896. The van der Waals surface area contributed by atoms with Gasteiger partial charge in [-0.25, -0.2) is 0 Å². The van der Waals surface area contributed by atoms with Crippen LogP contribution in [0.15, 0.2) is 48.5 Å². The smallest absolute Gasteiger partial charge is 0.166 e. The Labute approximate surface area is 152 Å². The first-order chi connectivity index (χ1) is 11.1. The van der Waals surface area contributed by atoms with Crippen LogP contribution in [0.1, 0.15) is 16.4 Å². The van der Waals surface area contributed by atoms with Gasteiger partial charge in [-0.05, 0) is 41.5 Å².